The van der Waals surface area contributed by atoms with Gasteiger partial charge in [-0.05, 0) is 55.5 Å². The van der Waals surface area contributed by atoms with Gasteiger partial charge in [0.25, 0.3) is 0 Å². The predicted octanol–water partition coefficient (Wildman–Crippen LogP) is 3.27. The van der Waals surface area contributed by atoms with E-state index in [-0.39, 0.29) is 11.7 Å². The Morgan fingerprint density at radius 2 is 1.92 bits per heavy atom. The molecule has 1 amide bonds. The van der Waals surface area contributed by atoms with Gasteiger partial charge in [0.05, 0.1) is 0 Å². The second-order valence-corrected chi connectivity index (χ2v) is 6.54. The van der Waals surface area contributed by atoms with Crippen LogP contribution in [0.5, 0.6) is 5.75 Å². The van der Waals surface area contributed by atoms with Crippen molar-refractivity contribution >= 4 is 5.91 Å². The number of carbonyl (C=O) groups excluding carboxylic acids is 1. The van der Waals surface area contributed by atoms with Gasteiger partial charge in [-0.3, -0.25) is 4.79 Å². The molecule has 1 atom stereocenters. The van der Waals surface area contributed by atoms with Gasteiger partial charge in [-0.2, -0.15) is 8.78 Å². The smallest absolute Gasteiger partial charge is 0.387 e. The van der Waals surface area contributed by atoms with Gasteiger partial charge in [-0.15, -0.1) is 0 Å². The van der Waals surface area contributed by atoms with E-state index in [9.17, 15) is 13.6 Å². The third-order valence-corrected chi connectivity index (χ3v) is 4.68. The summed E-state index contributed by atoms with van der Waals surface area (Å²) in [5.41, 5.74) is 0.891. The van der Waals surface area contributed by atoms with Crippen LogP contribution in [0.3, 0.4) is 0 Å². The molecule has 1 aliphatic rings. The molecule has 1 N–H and O–H groups in total. The Hall–Kier alpha value is -1.69. The monoisotopic (exact) mass is 340 g/mol. The minimum absolute atomic E-state index is 0.119. The number of amides is 1. The maximum Gasteiger partial charge on any atom is 0.387 e. The molecule has 1 aliphatic heterocycles. The van der Waals surface area contributed by atoms with Gasteiger partial charge in [0.1, 0.15) is 5.75 Å². The largest absolute Gasteiger partial charge is 0.435 e. The summed E-state index contributed by atoms with van der Waals surface area (Å²) in [6, 6.07) is 6.41. The maximum absolute atomic E-state index is 12.4. The highest BCUT2D eigenvalue weighted by Gasteiger charge is 2.23. The lowest BCUT2D eigenvalue weighted by atomic mass is 9.84. The van der Waals surface area contributed by atoms with Crippen LogP contribution in [0.15, 0.2) is 24.3 Å². The Labute approximate surface area is 142 Å². The maximum atomic E-state index is 12.4. The Balaban J connectivity index is 1.82. The van der Waals surface area contributed by atoms with Crippen LogP contribution in [0, 0.1) is 11.8 Å². The third kappa shape index (κ3) is 5.74. The first-order valence-corrected chi connectivity index (χ1v) is 8.44. The highest BCUT2D eigenvalue weighted by atomic mass is 19.3. The molecule has 0 spiro atoms. The van der Waals surface area contributed by atoms with Crippen molar-refractivity contribution in [3.63, 3.8) is 0 Å². The first-order chi connectivity index (χ1) is 11.5. The fourth-order valence-corrected chi connectivity index (χ4v) is 3.15. The number of piperidine rings is 1. The second-order valence-electron chi connectivity index (χ2n) is 6.54. The number of nitrogens with zero attached hydrogens (tertiary/aromatic N) is 1. The van der Waals surface area contributed by atoms with Crippen molar-refractivity contribution < 1.29 is 18.3 Å². The fourth-order valence-electron chi connectivity index (χ4n) is 3.15. The number of benzene rings is 1. The summed E-state index contributed by atoms with van der Waals surface area (Å²) in [6.45, 7) is 1.86. The summed E-state index contributed by atoms with van der Waals surface area (Å²) in [5, 5.41) is 3.34. The molecule has 24 heavy (non-hydrogen) atoms. The molecule has 0 saturated carbocycles. The number of halogens is 2. The normalized spacial score (nSPS) is 16.9. The van der Waals surface area contributed by atoms with Gasteiger partial charge in [0.15, 0.2) is 0 Å². The average molecular weight is 340 g/mol. The SMILES string of the molecule is CC(CC(=O)N(C)Cc1ccc(OC(F)F)cc1)C1CCNCC1. The second kappa shape index (κ2) is 8.97. The number of ether oxygens (including phenoxy) is 1. The van der Waals surface area contributed by atoms with Crippen LogP contribution in [0.2, 0.25) is 0 Å². The summed E-state index contributed by atoms with van der Waals surface area (Å²) in [5.74, 6) is 1.23. The topological polar surface area (TPSA) is 41.6 Å². The molecule has 1 saturated heterocycles. The quantitative estimate of drug-likeness (QED) is 0.828. The van der Waals surface area contributed by atoms with Crippen LogP contribution in [-0.2, 0) is 11.3 Å². The number of rotatable bonds is 7. The molecule has 4 nitrogen and oxygen atoms in total. The van der Waals surface area contributed by atoms with Crippen molar-refractivity contribution in [3.05, 3.63) is 29.8 Å². The lowest BCUT2D eigenvalue weighted by Gasteiger charge is -2.29. The van der Waals surface area contributed by atoms with Crippen molar-refractivity contribution in [3.8, 4) is 5.75 Å². The predicted molar refractivity (Wildman–Crippen MR) is 88.9 cm³/mol. The lowest BCUT2D eigenvalue weighted by molar-refractivity contribution is -0.131. The first kappa shape index (κ1) is 18.6. The molecule has 1 fully saturated rings. The first-order valence-electron chi connectivity index (χ1n) is 8.44. The van der Waals surface area contributed by atoms with Gasteiger partial charge in [-0.25, -0.2) is 0 Å². The van der Waals surface area contributed by atoms with E-state index < -0.39 is 6.61 Å². The molecule has 6 heteroatoms. The molecule has 1 aromatic carbocycles. The van der Waals surface area contributed by atoms with E-state index in [0.29, 0.717) is 24.8 Å². The van der Waals surface area contributed by atoms with Crippen LogP contribution in [-0.4, -0.2) is 37.6 Å². The minimum Gasteiger partial charge on any atom is -0.435 e. The van der Waals surface area contributed by atoms with Crippen LogP contribution < -0.4 is 10.1 Å². The Bertz CT molecular complexity index is 516. The molecule has 0 bridgehead atoms. The van der Waals surface area contributed by atoms with Crippen LogP contribution >= 0.6 is 0 Å². The van der Waals surface area contributed by atoms with E-state index in [1.54, 1.807) is 24.1 Å². The summed E-state index contributed by atoms with van der Waals surface area (Å²) < 4.78 is 28.6. The van der Waals surface area contributed by atoms with Gasteiger partial charge in [0, 0.05) is 20.0 Å². The molecule has 0 radical (unpaired) electrons. The molecular weight excluding hydrogens is 314 g/mol. The number of carbonyl (C=O) groups is 1. The van der Waals surface area contributed by atoms with Crippen LogP contribution in [0.1, 0.15) is 31.7 Å². The number of hydrogen-bond donors (Lipinski definition) is 1. The molecule has 1 aromatic rings. The van der Waals surface area contributed by atoms with Crippen LogP contribution in [0.25, 0.3) is 0 Å². The summed E-state index contributed by atoms with van der Waals surface area (Å²) in [6.07, 6.45) is 2.81. The lowest BCUT2D eigenvalue weighted by Crippen LogP contribution is -2.34. The molecule has 1 unspecified atom stereocenters. The number of nitrogens with one attached hydrogen (secondary N) is 1. The number of alkyl halides is 2. The molecule has 2 rings (SSSR count). The summed E-state index contributed by atoms with van der Waals surface area (Å²) in [7, 11) is 1.78. The van der Waals surface area contributed by atoms with Gasteiger partial charge in [0.2, 0.25) is 5.91 Å². The minimum atomic E-state index is -2.82. The Morgan fingerprint density at radius 3 is 2.50 bits per heavy atom. The molecule has 1 heterocycles. The molecule has 134 valence electrons. The zero-order valence-electron chi connectivity index (χ0n) is 14.3. The highest BCUT2D eigenvalue weighted by molar-refractivity contribution is 5.76. The van der Waals surface area contributed by atoms with Crippen molar-refractivity contribution in [2.24, 2.45) is 11.8 Å². The van der Waals surface area contributed by atoms with Crippen molar-refractivity contribution in [2.45, 2.75) is 39.3 Å². The molecular formula is C18H26F2N2O2. The summed E-state index contributed by atoms with van der Waals surface area (Å²) >= 11 is 0. The number of hydrogen-bond acceptors (Lipinski definition) is 3. The van der Waals surface area contributed by atoms with Gasteiger partial charge in [-0.1, -0.05) is 19.1 Å². The summed E-state index contributed by atoms with van der Waals surface area (Å²) in [4.78, 5) is 14.1. The van der Waals surface area contributed by atoms with Crippen molar-refractivity contribution in [1.29, 1.82) is 0 Å². The van der Waals surface area contributed by atoms with Gasteiger partial charge >= 0.3 is 6.61 Å². The molecule has 0 aromatic heterocycles. The highest BCUT2D eigenvalue weighted by Crippen LogP contribution is 2.25. The zero-order chi connectivity index (χ0) is 17.5. The fraction of sp³-hybridized carbons (Fsp3) is 0.611. The molecule has 0 aliphatic carbocycles. The van der Waals surface area contributed by atoms with Gasteiger partial charge < -0.3 is 15.0 Å². The third-order valence-electron chi connectivity index (χ3n) is 4.68. The Kier molecular flexibility index (Phi) is 6.97. The standard InChI is InChI=1S/C18H26F2N2O2/c1-13(15-7-9-21-10-8-15)11-17(23)22(2)12-14-3-5-16(6-4-14)24-18(19)20/h3-6,13,15,18,21H,7-12H2,1-2H3. The van der Waals surface area contributed by atoms with Crippen molar-refractivity contribution in [1.82, 2.24) is 10.2 Å². The van der Waals surface area contributed by atoms with E-state index >= 15 is 0 Å². The van der Waals surface area contributed by atoms with E-state index in [2.05, 4.69) is 17.0 Å². The van der Waals surface area contributed by atoms with E-state index in [0.717, 1.165) is 31.5 Å². The average Bonchev–Trinajstić information content (AvgIpc) is 2.56. The van der Waals surface area contributed by atoms with E-state index in [1.165, 1.54) is 12.1 Å². The zero-order valence-corrected chi connectivity index (χ0v) is 14.3. The Morgan fingerprint density at radius 1 is 1.29 bits per heavy atom. The van der Waals surface area contributed by atoms with Crippen molar-refractivity contribution in [2.75, 3.05) is 20.1 Å². The van der Waals surface area contributed by atoms with E-state index in [4.69, 9.17) is 0 Å². The van der Waals surface area contributed by atoms with E-state index in [1.807, 2.05) is 0 Å². The van der Waals surface area contributed by atoms with Crippen LogP contribution in [0.4, 0.5) is 8.78 Å².